The molecule has 1 aromatic carbocycles. The van der Waals surface area contributed by atoms with Gasteiger partial charge in [0.25, 0.3) is 0 Å². The Morgan fingerprint density at radius 1 is 1.19 bits per heavy atom. The Hall–Kier alpha value is -1.88. The average Bonchev–Trinajstić information content (AvgIpc) is 3.30. The molecule has 31 heavy (non-hydrogen) atoms. The molecule has 0 aliphatic carbocycles. The van der Waals surface area contributed by atoms with E-state index in [2.05, 4.69) is 17.1 Å². The fourth-order valence-corrected chi connectivity index (χ4v) is 6.41. The summed E-state index contributed by atoms with van der Waals surface area (Å²) in [6.07, 6.45) is 0.595. The highest BCUT2D eigenvalue weighted by Crippen LogP contribution is 2.32. The number of hydrogen-bond donors (Lipinski definition) is 0. The molecule has 0 amide bonds. The molecule has 11 heteroatoms. The van der Waals surface area contributed by atoms with Crippen LogP contribution in [-0.2, 0) is 42.3 Å². The zero-order chi connectivity index (χ0) is 22.2. The normalized spacial score (nSPS) is 14.7. The first kappa shape index (κ1) is 22.3. The minimum absolute atomic E-state index is 0.125. The van der Waals surface area contributed by atoms with Crippen molar-refractivity contribution < 1.29 is 8.42 Å². The van der Waals surface area contributed by atoms with Crippen molar-refractivity contribution in [1.29, 1.82) is 0 Å². The highest BCUT2D eigenvalue weighted by atomic mass is 35.5. The molecule has 0 bridgehead atoms. The Bertz CT molecular complexity index is 1200. The smallest absolute Gasteiger partial charge is 0.218 e. The Morgan fingerprint density at radius 2 is 1.97 bits per heavy atom. The number of thioether (sulfide) groups is 1. The molecular formula is C20H25ClN6O2S2. The number of aromatic nitrogens is 5. The van der Waals surface area contributed by atoms with Crippen LogP contribution in [0.3, 0.4) is 0 Å². The second kappa shape index (κ2) is 8.93. The number of halogens is 1. The minimum Gasteiger partial charge on any atom is -0.301 e. The number of benzene rings is 1. The second-order valence-electron chi connectivity index (χ2n) is 7.31. The van der Waals surface area contributed by atoms with E-state index in [1.807, 2.05) is 23.2 Å². The predicted molar refractivity (Wildman–Crippen MR) is 122 cm³/mol. The molecular weight excluding hydrogens is 456 g/mol. The minimum atomic E-state index is -3.55. The molecule has 1 aliphatic rings. The molecule has 8 nitrogen and oxygen atoms in total. The third-order valence-electron chi connectivity index (χ3n) is 5.41. The van der Waals surface area contributed by atoms with Gasteiger partial charge in [-0.3, -0.25) is 4.68 Å². The highest BCUT2D eigenvalue weighted by Gasteiger charge is 2.33. The quantitative estimate of drug-likeness (QED) is 0.482. The fraction of sp³-hybridized carbons (Fsp3) is 0.450. The van der Waals surface area contributed by atoms with Gasteiger partial charge in [0.2, 0.25) is 10.0 Å². The summed E-state index contributed by atoms with van der Waals surface area (Å²) in [5, 5.41) is 14.7. The SMILES string of the molecule is CCSc1nnc(-c2nn(C)c3c2CN(S(=O)(=O)Cc2ccccc2Cl)CC3)n1CC. The molecule has 0 saturated heterocycles. The molecule has 166 valence electrons. The van der Waals surface area contributed by atoms with Crippen LogP contribution < -0.4 is 0 Å². The van der Waals surface area contributed by atoms with Crippen molar-refractivity contribution in [2.75, 3.05) is 12.3 Å². The van der Waals surface area contributed by atoms with Gasteiger partial charge in [0, 0.05) is 49.4 Å². The molecule has 4 rings (SSSR count). The monoisotopic (exact) mass is 480 g/mol. The van der Waals surface area contributed by atoms with Crippen LogP contribution in [0.2, 0.25) is 5.02 Å². The lowest BCUT2D eigenvalue weighted by Gasteiger charge is -2.27. The highest BCUT2D eigenvalue weighted by molar-refractivity contribution is 7.99. The summed E-state index contributed by atoms with van der Waals surface area (Å²) in [5.74, 6) is 1.45. The Balaban J connectivity index is 1.68. The summed E-state index contributed by atoms with van der Waals surface area (Å²) in [6.45, 7) is 5.50. The van der Waals surface area contributed by atoms with E-state index in [0.29, 0.717) is 41.6 Å². The summed E-state index contributed by atoms with van der Waals surface area (Å²) >= 11 is 7.83. The van der Waals surface area contributed by atoms with Gasteiger partial charge in [-0.1, -0.05) is 48.5 Å². The molecule has 3 heterocycles. The second-order valence-corrected chi connectivity index (χ2v) is 10.9. The zero-order valence-corrected chi connectivity index (χ0v) is 20.1. The van der Waals surface area contributed by atoms with Crippen LogP contribution in [0.4, 0.5) is 0 Å². The lowest BCUT2D eigenvalue weighted by atomic mass is 10.1. The lowest BCUT2D eigenvalue weighted by molar-refractivity contribution is 0.385. The van der Waals surface area contributed by atoms with Crippen LogP contribution in [0.25, 0.3) is 11.5 Å². The number of aryl methyl sites for hydroxylation is 1. The summed E-state index contributed by atoms with van der Waals surface area (Å²) in [5.41, 5.74) is 3.24. The Morgan fingerprint density at radius 3 is 2.68 bits per heavy atom. The van der Waals surface area contributed by atoms with Crippen LogP contribution in [0.15, 0.2) is 29.4 Å². The molecule has 0 fully saturated rings. The van der Waals surface area contributed by atoms with Crippen LogP contribution in [0.1, 0.15) is 30.7 Å². The largest absolute Gasteiger partial charge is 0.301 e. The third kappa shape index (κ3) is 4.26. The van der Waals surface area contributed by atoms with E-state index in [-0.39, 0.29) is 12.3 Å². The molecule has 3 aromatic rings. The number of nitrogens with zero attached hydrogens (tertiary/aromatic N) is 6. The molecule has 1 aliphatic heterocycles. The van der Waals surface area contributed by atoms with Gasteiger partial charge >= 0.3 is 0 Å². The van der Waals surface area contributed by atoms with E-state index in [4.69, 9.17) is 16.7 Å². The Kier molecular flexibility index (Phi) is 6.43. The molecule has 0 saturated carbocycles. The molecule has 0 spiro atoms. The van der Waals surface area contributed by atoms with Crippen LogP contribution in [-0.4, -0.2) is 49.6 Å². The van der Waals surface area contributed by atoms with Crippen LogP contribution in [0.5, 0.6) is 0 Å². The van der Waals surface area contributed by atoms with Crippen LogP contribution >= 0.6 is 23.4 Å². The van der Waals surface area contributed by atoms with E-state index in [1.165, 1.54) is 4.31 Å². The lowest BCUT2D eigenvalue weighted by Crippen LogP contribution is -2.37. The first-order chi connectivity index (χ1) is 14.9. The van der Waals surface area contributed by atoms with E-state index in [0.717, 1.165) is 22.2 Å². The molecule has 0 N–H and O–H groups in total. The summed E-state index contributed by atoms with van der Waals surface area (Å²) < 4.78 is 31.8. The van der Waals surface area contributed by atoms with Crippen molar-refractivity contribution in [2.45, 2.75) is 44.3 Å². The van der Waals surface area contributed by atoms with Gasteiger partial charge in [-0.15, -0.1) is 10.2 Å². The maximum absolute atomic E-state index is 13.2. The van der Waals surface area contributed by atoms with Crippen molar-refractivity contribution in [3.63, 3.8) is 0 Å². The maximum atomic E-state index is 13.2. The van der Waals surface area contributed by atoms with Gasteiger partial charge in [-0.05, 0) is 24.3 Å². The zero-order valence-electron chi connectivity index (χ0n) is 17.7. The van der Waals surface area contributed by atoms with E-state index < -0.39 is 10.0 Å². The van der Waals surface area contributed by atoms with Crippen molar-refractivity contribution in [1.82, 2.24) is 28.9 Å². The molecule has 2 aromatic heterocycles. The standard InChI is InChI=1S/C20H25ClN6O2S2/c1-4-27-19(22-23-20(27)30-5-2)18-15-12-26(11-10-17(15)25(3)24-18)31(28,29)13-14-8-6-7-9-16(14)21/h6-9H,4-5,10-13H2,1-3H3. The first-order valence-electron chi connectivity index (χ1n) is 10.2. The van der Waals surface area contributed by atoms with Gasteiger partial charge in [0.1, 0.15) is 5.69 Å². The summed E-state index contributed by atoms with van der Waals surface area (Å²) in [6, 6.07) is 7.06. The third-order valence-corrected chi connectivity index (χ3v) is 8.41. The van der Waals surface area contributed by atoms with E-state index >= 15 is 0 Å². The number of rotatable bonds is 7. The molecule has 0 radical (unpaired) electrons. The van der Waals surface area contributed by atoms with E-state index in [1.54, 1.807) is 36.0 Å². The number of sulfonamides is 1. The predicted octanol–water partition coefficient (Wildman–Crippen LogP) is 3.35. The van der Waals surface area contributed by atoms with Crippen LogP contribution in [0, 0.1) is 0 Å². The van der Waals surface area contributed by atoms with Gasteiger partial charge in [-0.2, -0.15) is 9.40 Å². The van der Waals surface area contributed by atoms with Gasteiger partial charge in [0.15, 0.2) is 11.0 Å². The number of hydrogen-bond acceptors (Lipinski definition) is 6. The van der Waals surface area contributed by atoms with Crippen molar-refractivity contribution in [3.8, 4) is 11.5 Å². The Labute approximate surface area is 191 Å². The number of fused-ring (bicyclic) bond motifs is 1. The summed E-state index contributed by atoms with van der Waals surface area (Å²) in [4.78, 5) is 0. The first-order valence-corrected chi connectivity index (χ1v) is 13.1. The summed E-state index contributed by atoms with van der Waals surface area (Å²) in [7, 11) is -1.65. The molecule has 0 atom stereocenters. The van der Waals surface area contributed by atoms with Gasteiger partial charge in [0.05, 0.1) is 5.75 Å². The maximum Gasteiger partial charge on any atom is 0.218 e. The average molecular weight is 481 g/mol. The molecule has 0 unspecified atom stereocenters. The topological polar surface area (TPSA) is 85.9 Å². The van der Waals surface area contributed by atoms with Crippen molar-refractivity contribution in [3.05, 3.63) is 46.1 Å². The fourth-order valence-electron chi connectivity index (χ4n) is 3.87. The van der Waals surface area contributed by atoms with Crippen molar-refractivity contribution >= 4 is 33.4 Å². The van der Waals surface area contributed by atoms with Gasteiger partial charge in [-0.25, -0.2) is 8.42 Å². The van der Waals surface area contributed by atoms with E-state index in [9.17, 15) is 8.42 Å². The van der Waals surface area contributed by atoms with Crippen molar-refractivity contribution in [2.24, 2.45) is 7.05 Å². The van der Waals surface area contributed by atoms with Gasteiger partial charge < -0.3 is 4.57 Å².